The third-order valence-electron chi connectivity index (χ3n) is 4.58. The van der Waals surface area contributed by atoms with Crippen molar-refractivity contribution in [3.05, 3.63) is 0 Å². The van der Waals surface area contributed by atoms with Crippen LogP contribution in [0.25, 0.3) is 0 Å². The molecule has 2 heteroatoms. The molecular weight excluding hydrogens is 208 g/mol. The Bertz CT molecular complexity index is 211. The lowest BCUT2D eigenvalue weighted by molar-refractivity contribution is 0.0679. The van der Waals surface area contributed by atoms with Gasteiger partial charge in [0.1, 0.15) is 0 Å². The fourth-order valence-corrected chi connectivity index (χ4v) is 3.05. The maximum Gasteiger partial charge on any atom is 0.0304 e. The molecule has 1 aliphatic heterocycles. The number of hydrogen-bond acceptors (Lipinski definition) is 2. The smallest absolute Gasteiger partial charge is 0.0304 e. The third kappa shape index (κ3) is 3.96. The summed E-state index contributed by atoms with van der Waals surface area (Å²) < 4.78 is 0. The second-order valence-electron chi connectivity index (χ2n) is 6.04. The van der Waals surface area contributed by atoms with E-state index in [2.05, 4.69) is 44.8 Å². The molecule has 0 radical (unpaired) electrons. The van der Waals surface area contributed by atoms with Gasteiger partial charge in [-0.3, -0.25) is 4.90 Å². The van der Waals surface area contributed by atoms with Crippen molar-refractivity contribution in [1.29, 1.82) is 0 Å². The predicted octanol–water partition coefficient (Wildman–Crippen LogP) is 3.28. The Labute approximate surface area is 108 Å². The summed E-state index contributed by atoms with van der Waals surface area (Å²) in [5.74, 6) is 0.840. The zero-order valence-corrected chi connectivity index (χ0v) is 12.6. The number of piperazine rings is 1. The Hall–Kier alpha value is -0.0800. The summed E-state index contributed by atoms with van der Waals surface area (Å²) in [5.41, 5.74) is 0.373. The molecule has 0 aliphatic carbocycles. The van der Waals surface area contributed by atoms with Crippen molar-refractivity contribution in [3.63, 3.8) is 0 Å². The van der Waals surface area contributed by atoms with Gasteiger partial charge < -0.3 is 5.32 Å². The molecule has 17 heavy (non-hydrogen) atoms. The molecule has 2 nitrogen and oxygen atoms in total. The van der Waals surface area contributed by atoms with E-state index in [1.807, 2.05) is 0 Å². The van der Waals surface area contributed by atoms with Crippen molar-refractivity contribution in [1.82, 2.24) is 10.2 Å². The maximum absolute atomic E-state index is 3.78. The minimum absolute atomic E-state index is 0.373. The van der Waals surface area contributed by atoms with Gasteiger partial charge in [-0.15, -0.1) is 0 Å². The fourth-order valence-electron chi connectivity index (χ4n) is 3.05. The number of nitrogens with one attached hydrogen (secondary N) is 1. The van der Waals surface area contributed by atoms with Crippen LogP contribution in [0.15, 0.2) is 0 Å². The molecule has 0 saturated carbocycles. The van der Waals surface area contributed by atoms with Gasteiger partial charge in [0.2, 0.25) is 0 Å². The highest BCUT2D eigenvalue weighted by Crippen LogP contribution is 2.23. The van der Waals surface area contributed by atoms with E-state index < -0.39 is 0 Å². The first kappa shape index (κ1) is 15.0. The molecule has 0 bridgehead atoms. The minimum Gasteiger partial charge on any atom is -0.308 e. The molecule has 1 saturated heterocycles. The van der Waals surface area contributed by atoms with Gasteiger partial charge in [0.05, 0.1) is 0 Å². The molecule has 102 valence electrons. The average Bonchev–Trinajstić information content (AvgIpc) is 2.33. The number of hydrogen-bond donors (Lipinski definition) is 1. The molecule has 0 spiro atoms. The van der Waals surface area contributed by atoms with E-state index in [0.717, 1.165) is 12.5 Å². The molecule has 0 aromatic rings. The lowest BCUT2D eigenvalue weighted by atomic mass is 9.88. The van der Waals surface area contributed by atoms with Crippen molar-refractivity contribution < 1.29 is 0 Å². The van der Waals surface area contributed by atoms with Crippen LogP contribution in [0.1, 0.15) is 60.3 Å². The van der Waals surface area contributed by atoms with Crippen LogP contribution in [0.3, 0.4) is 0 Å². The summed E-state index contributed by atoms with van der Waals surface area (Å²) in [4.78, 5) is 2.71. The van der Waals surface area contributed by atoms with E-state index in [1.165, 1.54) is 38.8 Å². The van der Waals surface area contributed by atoms with Crippen molar-refractivity contribution in [2.75, 3.05) is 19.6 Å². The van der Waals surface area contributed by atoms with E-state index in [4.69, 9.17) is 0 Å². The van der Waals surface area contributed by atoms with Crippen LogP contribution in [0.2, 0.25) is 0 Å². The lowest BCUT2D eigenvalue weighted by Gasteiger charge is -2.47. The van der Waals surface area contributed by atoms with Crippen LogP contribution in [0.4, 0.5) is 0 Å². The van der Waals surface area contributed by atoms with Crippen LogP contribution < -0.4 is 5.32 Å². The summed E-state index contributed by atoms with van der Waals surface area (Å²) in [7, 11) is 0. The molecule has 2 unspecified atom stereocenters. The van der Waals surface area contributed by atoms with Crippen LogP contribution in [0.5, 0.6) is 0 Å². The first-order chi connectivity index (χ1) is 8.06. The predicted molar refractivity (Wildman–Crippen MR) is 76.4 cm³/mol. The molecule has 0 amide bonds. The van der Waals surface area contributed by atoms with Gasteiger partial charge in [-0.2, -0.15) is 0 Å². The van der Waals surface area contributed by atoms with Crippen LogP contribution in [0, 0.1) is 5.92 Å². The van der Waals surface area contributed by atoms with E-state index in [9.17, 15) is 0 Å². The number of rotatable bonds is 6. The van der Waals surface area contributed by atoms with Crippen molar-refractivity contribution >= 4 is 0 Å². The zero-order chi connectivity index (χ0) is 12.9. The molecule has 1 rings (SSSR count). The van der Waals surface area contributed by atoms with E-state index in [1.54, 1.807) is 0 Å². The SMILES string of the molecule is CCCC(C)CN1CC(CC)(CC)NCC1C. The Balaban J connectivity index is 2.56. The molecule has 1 fully saturated rings. The molecule has 0 aromatic carbocycles. The Morgan fingerprint density at radius 3 is 2.47 bits per heavy atom. The average molecular weight is 240 g/mol. The van der Waals surface area contributed by atoms with Crippen molar-refractivity contribution in [2.24, 2.45) is 5.92 Å². The van der Waals surface area contributed by atoms with Crippen LogP contribution in [-0.4, -0.2) is 36.1 Å². The molecule has 2 atom stereocenters. The Morgan fingerprint density at radius 2 is 1.94 bits per heavy atom. The largest absolute Gasteiger partial charge is 0.308 e. The summed E-state index contributed by atoms with van der Waals surface area (Å²) in [5, 5.41) is 3.78. The van der Waals surface area contributed by atoms with Crippen LogP contribution in [-0.2, 0) is 0 Å². The van der Waals surface area contributed by atoms with Gasteiger partial charge in [0, 0.05) is 31.2 Å². The standard InChI is InChI=1S/C15H32N2/c1-6-9-13(4)11-17-12-15(7-2,8-3)16-10-14(17)5/h13-14,16H,6-12H2,1-5H3. The second kappa shape index (κ2) is 6.75. The summed E-state index contributed by atoms with van der Waals surface area (Å²) in [6.07, 6.45) is 5.17. The Kier molecular flexibility index (Phi) is 5.94. The van der Waals surface area contributed by atoms with Crippen molar-refractivity contribution in [3.8, 4) is 0 Å². The van der Waals surface area contributed by atoms with Crippen molar-refractivity contribution in [2.45, 2.75) is 71.9 Å². The van der Waals surface area contributed by atoms with Gasteiger partial charge >= 0.3 is 0 Å². The highest BCUT2D eigenvalue weighted by atomic mass is 15.2. The second-order valence-corrected chi connectivity index (χ2v) is 6.04. The van der Waals surface area contributed by atoms with Gasteiger partial charge in [-0.05, 0) is 32.1 Å². The first-order valence-electron chi connectivity index (χ1n) is 7.56. The molecular formula is C15H32N2. The Morgan fingerprint density at radius 1 is 1.29 bits per heavy atom. The lowest BCUT2D eigenvalue weighted by Crippen LogP contribution is -2.63. The van der Waals surface area contributed by atoms with E-state index in [-0.39, 0.29) is 0 Å². The summed E-state index contributed by atoms with van der Waals surface area (Å²) >= 11 is 0. The monoisotopic (exact) mass is 240 g/mol. The molecule has 0 aromatic heterocycles. The maximum atomic E-state index is 3.78. The van der Waals surface area contributed by atoms with Gasteiger partial charge in [-0.25, -0.2) is 0 Å². The minimum atomic E-state index is 0.373. The zero-order valence-electron chi connectivity index (χ0n) is 12.6. The quantitative estimate of drug-likeness (QED) is 0.766. The topological polar surface area (TPSA) is 15.3 Å². The molecule has 1 heterocycles. The van der Waals surface area contributed by atoms with Crippen LogP contribution >= 0.6 is 0 Å². The van der Waals surface area contributed by atoms with Gasteiger partial charge in [0.25, 0.3) is 0 Å². The van der Waals surface area contributed by atoms with E-state index in [0.29, 0.717) is 11.6 Å². The molecule has 1 aliphatic rings. The third-order valence-corrected chi connectivity index (χ3v) is 4.58. The van der Waals surface area contributed by atoms with Gasteiger partial charge in [-0.1, -0.05) is 34.1 Å². The summed E-state index contributed by atoms with van der Waals surface area (Å²) in [6, 6.07) is 0.695. The van der Waals surface area contributed by atoms with E-state index >= 15 is 0 Å². The highest BCUT2D eigenvalue weighted by molar-refractivity contribution is 4.95. The normalized spacial score (nSPS) is 27.0. The summed E-state index contributed by atoms with van der Waals surface area (Å²) in [6.45, 7) is 15.4. The van der Waals surface area contributed by atoms with Gasteiger partial charge in [0.15, 0.2) is 0 Å². The highest BCUT2D eigenvalue weighted by Gasteiger charge is 2.35. The molecule has 1 N–H and O–H groups in total. The fraction of sp³-hybridized carbons (Fsp3) is 1.00. The first-order valence-corrected chi connectivity index (χ1v) is 7.56. The number of nitrogens with zero attached hydrogens (tertiary/aromatic N) is 1.